The molecule has 0 aliphatic carbocycles. The Morgan fingerprint density at radius 1 is 0.944 bits per heavy atom. The van der Waals surface area contributed by atoms with Gasteiger partial charge in [0.05, 0.1) is 12.0 Å². The lowest BCUT2D eigenvalue weighted by molar-refractivity contribution is -0.137. The zero-order chi connectivity index (χ0) is 25.5. The molecule has 8 heteroatoms. The molecule has 4 aromatic rings. The SMILES string of the molecule is CCC(c1ccccc1)(c1ccccc1)N(CCC(=O)O)C(=O)Nc1nc(-c2ccccc2)c(Cl)s1. The predicted octanol–water partition coefficient (Wildman–Crippen LogP) is 7.13. The van der Waals surface area contributed by atoms with Gasteiger partial charge in [-0.1, -0.05) is 121 Å². The van der Waals surface area contributed by atoms with Crippen LogP contribution >= 0.6 is 22.9 Å². The van der Waals surface area contributed by atoms with Gasteiger partial charge in [0.2, 0.25) is 0 Å². The summed E-state index contributed by atoms with van der Waals surface area (Å²) < 4.78 is 0.460. The van der Waals surface area contributed by atoms with Crippen molar-refractivity contribution in [1.29, 1.82) is 0 Å². The average Bonchev–Trinajstić information content (AvgIpc) is 3.27. The minimum atomic E-state index is -0.984. The highest BCUT2D eigenvalue weighted by Gasteiger charge is 2.42. The van der Waals surface area contributed by atoms with Gasteiger partial charge in [0.15, 0.2) is 5.13 Å². The molecule has 0 spiro atoms. The number of thiazole rings is 1. The summed E-state index contributed by atoms with van der Waals surface area (Å²) in [5.74, 6) is -0.984. The molecule has 0 bridgehead atoms. The molecule has 0 aliphatic heterocycles. The van der Waals surface area contributed by atoms with Crippen LogP contribution in [0.25, 0.3) is 11.3 Å². The zero-order valence-electron chi connectivity index (χ0n) is 19.7. The number of nitrogens with one attached hydrogen (secondary N) is 1. The van der Waals surface area contributed by atoms with Crippen molar-refractivity contribution < 1.29 is 14.7 Å². The number of carbonyl (C=O) groups is 2. The van der Waals surface area contributed by atoms with Gasteiger partial charge in [0, 0.05) is 12.1 Å². The molecule has 36 heavy (non-hydrogen) atoms. The summed E-state index contributed by atoms with van der Waals surface area (Å²) in [6.07, 6.45) is 0.324. The maximum Gasteiger partial charge on any atom is 0.324 e. The fourth-order valence-electron chi connectivity index (χ4n) is 4.47. The number of urea groups is 1. The van der Waals surface area contributed by atoms with Crippen LogP contribution in [0.2, 0.25) is 4.34 Å². The second-order valence-corrected chi connectivity index (χ2v) is 9.78. The Balaban J connectivity index is 1.77. The van der Waals surface area contributed by atoms with Crippen LogP contribution in [-0.2, 0) is 10.3 Å². The van der Waals surface area contributed by atoms with Gasteiger partial charge in [-0.15, -0.1) is 0 Å². The van der Waals surface area contributed by atoms with E-state index in [4.69, 9.17) is 11.6 Å². The smallest absolute Gasteiger partial charge is 0.324 e. The Kier molecular flexibility index (Phi) is 8.03. The lowest BCUT2D eigenvalue weighted by atomic mass is 9.79. The largest absolute Gasteiger partial charge is 0.481 e. The molecule has 184 valence electrons. The van der Waals surface area contributed by atoms with E-state index in [0.29, 0.717) is 21.6 Å². The molecule has 2 N–H and O–H groups in total. The first kappa shape index (κ1) is 25.4. The van der Waals surface area contributed by atoms with Gasteiger partial charge < -0.3 is 10.0 Å². The van der Waals surface area contributed by atoms with Crippen molar-refractivity contribution in [1.82, 2.24) is 9.88 Å². The first-order chi connectivity index (χ1) is 17.5. The van der Waals surface area contributed by atoms with Gasteiger partial charge in [-0.2, -0.15) is 0 Å². The van der Waals surface area contributed by atoms with Crippen LogP contribution in [0.4, 0.5) is 9.93 Å². The second-order valence-electron chi connectivity index (χ2n) is 8.18. The summed E-state index contributed by atoms with van der Waals surface area (Å²) in [6, 6.07) is 28.4. The Morgan fingerprint density at radius 2 is 1.47 bits per heavy atom. The van der Waals surface area contributed by atoms with Crippen molar-refractivity contribution in [2.24, 2.45) is 0 Å². The topological polar surface area (TPSA) is 82.5 Å². The summed E-state index contributed by atoms with van der Waals surface area (Å²) in [6.45, 7) is 2.00. The summed E-state index contributed by atoms with van der Waals surface area (Å²) >= 11 is 7.64. The molecule has 0 saturated carbocycles. The van der Waals surface area contributed by atoms with Crippen molar-refractivity contribution in [3.05, 3.63) is 106 Å². The van der Waals surface area contributed by atoms with E-state index in [0.717, 1.165) is 16.7 Å². The Hall–Kier alpha value is -3.68. The Bertz CT molecular complexity index is 1270. The number of anilines is 1. The molecule has 0 atom stereocenters. The number of aliphatic carboxylic acids is 1. The maximum atomic E-state index is 13.9. The number of hydrogen-bond acceptors (Lipinski definition) is 4. The first-order valence-electron chi connectivity index (χ1n) is 11.6. The van der Waals surface area contributed by atoms with Crippen molar-refractivity contribution in [2.75, 3.05) is 11.9 Å². The van der Waals surface area contributed by atoms with Gasteiger partial charge in [-0.25, -0.2) is 9.78 Å². The number of benzene rings is 3. The number of rotatable bonds is 9. The lowest BCUT2D eigenvalue weighted by Crippen LogP contribution is -2.52. The maximum absolute atomic E-state index is 13.9. The molecule has 4 rings (SSSR count). The molecule has 0 aliphatic rings. The van der Waals surface area contributed by atoms with Crippen molar-refractivity contribution >= 4 is 40.1 Å². The van der Waals surface area contributed by atoms with E-state index in [1.54, 1.807) is 4.90 Å². The monoisotopic (exact) mass is 519 g/mol. The quantitative estimate of drug-likeness (QED) is 0.246. The molecular weight excluding hydrogens is 494 g/mol. The summed E-state index contributed by atoms with van der Waals surface area (Å²) in [5.41, 5.74) is 2.31. The normalized spacial score (nSPS) is 11.2. The molecule has 0 unspecified atom stereocenters. The van der Waals surface area contributed by atoms with Gasteiger partial charge >= 0.3 is 12.0 Å². The molecule has 1 heterocycles. The molecule has 0 fully saturated rings. The van der Waals surface area contributed by atoms with E-state index in [9.17, 15) is 14.7 Å². The third-order valence-electron chi connectivity index (χ3n) is 6.12. The van der Waals surface area contributed by atoms with Crippen LogP contribution in [0.5, 0.6) is 0 Å². The number of amides is 2. The zero-order valence-corrected chi connectivity index (χ0v) is 21.3. The Labute approximate surface area is 219 Å². The van der Waals surface area contributed by atoms with Crippen LogP contribution < -0.4 is 5.32 Å². The van der Waals surface area contributed by atoms with E-state index in [1.807, 2.05) is 97.9 Å². The molecule has 1 aromatic heterocycles. The van der Waals surface area contributed by atoms with E-state index in [2.05, 4.69) is 10.3 Å². The van der Waals surface area contributed by atoms with Crippen LogP contribution in [0, 0.1) is 0 Å². The summed E-state index contributed by atoms with van der Waals surface area (Å²) in [5, 5.41) is 12.7. The Morgan fingerprint density at radius 3 is 1.97 bits per heavy atom. The number of carboxylic acids is 1. The molecule has 2 amide bonds. The van der Waals surface area contributed by atoms with Gasteiger partial charge in [-0.3, -0.25) is 10.1 Å². The third-order valence-corrected chi connectivity index (χ3v) is 7.29. The lowest BCUT2D eigenvalue weighted by Gasteiger charge is -2.44. The van der Waals surface area contributed by atoms with Gasteiger partial charge in [-0.05, 0) is 17.5 Å². The van der Waals surface area contributed by atoms with Crippen LogP contribution in [0.1, 0.15) is 30.9 Å². The third kappa shape index (κ3) is 5.27. The van der Waals surface area contributed by atoms with Gasteiger partial charge in [0.25, 0.3) is 0 Å². The van der Waals surface area contributed by atoms with Crippen molar-refractivity contribution in [3.63, 3.8) is 0 Å². The molecule has 0 saturated heterocycles. The second kappa shape index (κ2) is 11.4. The number of nitrogens with zero attached hydrogens (tertiary/aromatic N) is 2. The van der Waals surface area contributed by atoms with Crippen LogP contribution in [0.3, 0.4) is 0 Å². The molecule has 6 nitrogen and oxygen atoms in total. The standard InChI is InChI=1S/C28H26ClN3O3S/c1-2-28(21-14-8-4-9-15-21,22-16-10-5-11-17-22)32(19-18-23(33)34)27(35)31-26-30-24(25(29)36-26)20-12-6-3-7-13-20/h3-17H,2,18-19H2,1H3,(H,33,34)(H,30,31,35). The number of hydrogen-bond donors (Lipinski definition) is 2. The fourth-order valence-corrected chi connectivity index (χ4v) is 5.54. The fraction of sp³-hybridized carbons (Fsp3) is 0.179. The molecule has 0 radical (unpaired) electrons. The number of aromatic nitrogens is 1. The highest BCUT2D eigenvalue weighted by atomic mass is 35.5. The van der Waals surface area contributed by atoms with Crippen LogP contribution in [0.15, 0.2) is 91.0 Å². The van der Waals surface area contributed by atoms with E-state index in [1.165, 1.54) is 11.3 Å². The number of halogens is 1. The van der Waals surface area contributed by atoms with Crippen molar-refractivity contribution in [2.45, 2.75) is 25.3 Å². The average molecular weight is 520 g/mol. The van der Waals surface area contributed by atoms with Crippen LogP contribution in [-0.4, -0.2) is 33.5 Å². The van der Waals surface area contributed by atoms with Crippen molar-refractivity contribution in [3.8, 4) is 11.3 Å². The van der Waals surface area contributed by atoms with E-state index in [-0.39, 0.29) is 13.0 Å². The van der Waals surface area contributed by atoms with E-state index >= 15 is 0 Å². The highest BCUT2D eigenvalue weighted by Crippen LogP contribution is 2.41. The van der Waals surface area contributed by atoms with Gasteiger partial charge in [0.1, 0.15) is 10.0 Å². The summed E-state index contributed by atoms with van der Waals surface area (Å²) in [4.78, 5) is 31.6. The molecular formula is C28H26ClN3O3S. The first-order valence-corrected chi connectivity index (χ1v) is 12.8. The minimum absolute atomic E-state index is 0.00342. The number of carboxylic acid groups (broad SMARTS) is 1. The van der Waals surface area contributed by atoms with E-state index < -0.39 is 17.5 Å². The minimum Gasteiger partial charge on any atom is -0.481 e. The predicted molar refractivity (Wildman–Crippen MR) is 144 cm³/mol. The number of carbonyl (C=O) groups excluding carboxylic acids is 1. The summed E-state index contributed by atoms with van der Waals surface area (Å²) in [7, 11) is 0. The molecule has 3 aromatic carbocycles. The highest BCUT2D eigenvalue weighted by molar-refractivity contribution is 7.20.